The molecule has 0 atom stereocenters. The molecule has 1 N–H and O–H groups in total. The molecule has 0 bridgehead atoms. The van der Waals surface area contributed by atoms with Crippen molar-refractivity contribution in [1.29, 1.82) is 0 Å². The average molecular weight is 391 g/mol. The summed E-state index contributed by atoms with van der Waals surface area (Å²) in [5.74, 6) is -1.62. The summed E-state index contributed by atoms with van der Waals surface area (Å²) in [6.45, 7) is 2.42. The quantitative estimate of drug-likeness (QED) is 0.635. The van der Waals surface area contributed by atoms with E-state index in [0.29, 0.717) is 22.2 Å². The van der Waals surface area contributed by atoms with Crippen molar-refractivity contribution in [3.8, 4) is 0 Å². The van der Waals surface area contributed by atoms with Gasteiger partial charge >= 0.3 is 0 Å². The molecule has 3 aromatic rings. The van der Waals surface area contributed by atoms with Gasteiger partial charge in [-0.25, -0.2) is 8.78 Å². The third kappa shape index (κ3) is 4.86. The summed E-state index contributed by atoms with van der Waals surface area (Å²) in [7, 11) is 0. The fraction of sp³-hybridized carbons (Fsp3) is 0.167. The van der Waals surface area contributed by atoms with E-state index in [0.717, 1.165) is 23.3 Å². The van der Waals surface area contributed by atoms with E-state index in [1.807, 2.05) is 31.2 Å². The number of aryl methyl sites for hydroxylation is 1. The maximum absolute atomic E-state index is 13.2. The molecule has 8 heteroatoms. The van der Waals surface area contributed by atoms with E-state index >= 15 is 0 Å². The molecule has 4 nitrogen and oxygen atoms in total. The van der Waals surface area contributed by atoms with Crippen LogP contribution in [0.1, 0.15) is 25.9 Å². The third-order valence-corrected chi connectivity index (χ3v) is 5.60. The van der Waals surface area contributed by atoms with Gasteiger partial charge in [0.2, 0.25) is 5.01 Å². The maximum Gasteiger partial charge on any atom is 0.282 e. The number of carbonyl (C=O) groups is 1. The van der Waals surface area contributed by atoms with Crippen molar-refractivity contribution in [1.82, 2.24) is 15.5 Å². The van der Waals surface area contributed by atoms with Crippen LogP contribution in [0.25, 0.3) is 0 Å². The highest BCUT2D eigenvalue weighted by molar-refractivity contribution is 7.98. The lowest BCUT2D eigenvalue weighted by atomic mass is 10.1. The summed E-state index contributed by atoms with van der Waals surface area (Å²) in [4.78, 5) is 12.7. The van der Waals surface area contributed by atoms with Gasteiger partial charge in [-0.15, -0.1) is 22.0 Å². The SMILES string of the molecule is Cc1ccc(CNC(=O)c2nnc(CSc3ccc(F)c(F)c3)s2)cc1. The second kappa shape index (κ2) is 8.37. The molecule has 2 aromatic carbocycles. The van der Waals surface area contributed by atoms with Gasteiger partial charge in [-0.05, 0) is 30.7 Å². The van der Waals surface area contributed by atoms with Crippen molar-refractivity contribution in [3.05, 3.63) is 75.2 Å². The first kappa shape index (κ1) is 18.5. The Morgan fingerprint density at radius 2 is 1.88 bits per heavy atom. The fourth-order valence-electron chi connectivity index (χ4n) is 2.08. The summed E-state index contributed by atoms with van der Waals surface area (Å²) in [5.41, 5.74) is 2.16. The first-order valence-electron chi connectivity index (χ1n) is 7.75. The van der Waals surface area contributed by atoms with Crippen molar-refractivity contribution in [3.63, 3.8) is 0 Å². The van der Waals surface area contributed by atoms with Crippen LogP contribution in [0.4, 0.5) is 8.78 Å². The van der Waals surface area contributed by atoms with Gasteiger partial charge < -0.3 is 5.32 Å². The summed E-state index contributed by atoms with van der Waals surface area (Å²) >= 11 is 2.48. The lowest BCUT2D eigenvalue weighted by Crippen LogP contribution is -2.22. The zero-order valence-corrected chi connectivity index (χ0v) is 15.5. The van der Waals surface area contributed by atoms with Crippen LogP contribution in [-0.4, -0.2) is 16.1 Å². The minimum atomic E-state index is -0.886. The number of benzene rings is 2. The van der Waals surface area contributed by atoms with Crippen LogP contribution in [0.3, 0.4) is 0 Å². The fourth-order valence-corrected chi connectivity index (χ4v) is 3.74. The Hall–Kier alpha value is -2.32. The van der Waals surface area contributed by atoms with Crippen LogP contribution in [0.5, 0.6) is 0 Å². The number of carbonyl (C=O) groups excluding carboxylic acids is 1. The van der Waals surface area contributed by atoms with Gasteiger partial charge in [0, 0.05) is 11.4 Å². The number of aromatic nitrogens is 2. The predicted molar refractivity (Wildman–Crippen MR) is 98.2 cm³/mol. The molecule has 0 aliphatic carbocycles. The molecule has 0 saturated heterocycles. The number of thioether (sulfide) groups is 1. The zero-order chi connectivity index (χ0) is 18.5. The molecule has 0 fully saturated rings. The first-order chi connectivity index (χ1) is 12.5. The third-order valence-electron chi connectivity index (χ3n) is 3.49. The predicted octanol–water partition coefficient (Wildman–Crippen LogP) is 4.35. The highest BCUT2D eigenvalue weighted by Gasteiger charge is 2.13. The number of hydrogen-bond donors (Lipinski definition) is 1. The minimum Gasteiger partial charge on any atom is -0.346 e. The molecule has 0 saturated carbocycles. The Morgan fingerprint density at radius 3 is 2.62 bits per heavy atom. The normalized spacial score (nSPS) is 10.7. The van der Waals surface area contributed by atoms with Crippen LogP contribution in [0.15, 0.2) is 47.4 Å². The molecule has 134 valence electrons. The smallest absolute Gasteiger partial charge is 0.282 e. The van der Waals surface area contributed by atoms with E-state index in [-0.39, 0.29) is 10.9 Å². The van der Waals surface area contributed by atoms with E-state index in [1.54, 1.807) is 0 Å². The molecule has 3 rings (SSSR count). The van der Waals surface area contributed by atoms with Crippen LogP contribution >= 0.6 is 23.1 Å². The van der Waals surface area contributed by atoms with Gasteiger partial charge in [-0.1, -0.05) is 41.2 Å². The van der Waals surface area contributed by atoms with Crippen molar-refractivity contribution >= 4 is 29.0 Å². The Morgan fingerprint density at radius 1 is 1.12 bits per heavy atom. The molecule has 0 aliphatic heterocycles. The molecule has 1 aromatic heterocycles. The molecule has 1 heterocycles. The lowest BCUT2D eigenvalue weighted by molar-refractivity contribution is 0.0950. The lowest BCUT2D eigenvalue weighted by Gasteiger charge is -2.03. The second-order valence-corrected chi connectivity index (χ2v) is 7.64. The number of halogens is 2. The highest BCUT2D eigenvalue weighted by atomic mass is 32.2. The van der Waals surface area contributed by atoms with Crippen LogP contribution < -0.4 is 5.32 Å². The van der Waals surface area contributed by atoms with E-state index in [9.17, 15) is 13.6 Å². The largest absolute Gasteiger partial charge is 0.346 e. The number of amides is 1. The molecular weight excluding hydrogens is 376 g/mol. The molecule has 0 spiro atoms. The average Bonchev–Trinajstić information content (AvgIpc) is 3.11. The van der Waals surface area contributed by atoms with Gasteiger partial charge in [0.25, 0.3) is 5.91 Å². The number of nitrogens with one attached hydrogen (secondary N) is 1. The van der Waals surface area contributed by atoms with E-state index in [2.05, 4.69) is 15.5 Å². The van der Waals surface area contributed by atoms with Crippen molar-refractivity contribution in [2.45, 2.75) is 24.1 Å². The molecule has 1 amide bonds. The number of rotatable bonds is 6. The Labute approximate surface area is 157 Å². The van der Waals surface area contributed by atoms with Crippen molar-refractivity contribution in [2.75, 3.05) is 0 Å². The van der Waals surface area contributed by atoms with Gasteiger partial charge in [-0.3, -0.25) is 4.79 Å². The topological polar surface area (TPSA) is 54.9 Å². The molecule has 0 unspecified atom stereocenters. The maximum atomic E-state index is 13.2. The monoisotopic (exact) mass is 391 g/mol. The Bertz CT molecular complexity index is 913. The zero-order valence-electron chi connectivity index (χ0n) is 13.8. The summed E-state index contributed by atoms with van der Waals surface area (Å²) in [6.07, 6.45) is 0. The van der Waals surface area contributed by atoms with E-state index in [4.69, 9.17) is 0 Å². The van der Waals surface area contributed by atoms with E-state index in [1.165, 1.54) is 29.2 Å². The number of hydrogen-bond acceptors (Lipinski definition) is 5. The Balaban J connectivity index is 1.54. The van der Waals surface area contributed by atoms with Gasteiger partial charge in [0.1, 0.15) is 5.01 Å². The molecule has 0 aliphatic rings. The first-order valence-corrected chi connectivity index (χ1v) is 9.55. The van der Waals surface area contributed by atoms with Crippen LogP contribution in [0, 0.1) is 18.6 Å². The van der Waals surface area contributed by atoms with Crippen molar-refractivity contribution < 1.29 is 13.6 Å². The van der Waals surface area contributed by atoms with Gasteiger partial charge in [0.05, 0.1) is 5.75 Å². The molecule has 0 radical (unpaired) electrons. The van der Waals surface area contributed by atoms with E-state index < -0.39 is 11.6 Å². The Kier molecular flexibility index (Phi) is 5.95. The minimum absolute atomic E-state index is 0.276. The highest BCUT2D eigenvalue weighted by Crippen LogP contribution is 2.25. The molecular formula is C18H15F2N3OS2. The summed E-state index contributed by atoms with van der Waals surface area (Å²) in [5, 5.41) is 11.6. The summed E-state index contributed by atoms with van der Waals surface area (Å²) in [6, 6.07) is 11.6. The molecule has 26 heavy (non-hydrogen) atoms. The number of nitrogens with zero attached hydrogens (tertiary/aromatic N) is 2. The van der Waals surface area contributed by atoms with Gasteiger partial charge in [-0.2, -0.15) is 0 Å². The van der Waals surface area contributed by atoms with Crippen LogP contribution in [-0.2, 0) is 12.3 Å². The van der Waals surface area contributed by atoms with Crippen molar-refractivity contribution in [2.24, 2.45) is 0 Å². The summed E-state index contributed by atoms with van der Waals surface area (Å²) < 4.78 is 26.1. The van der Waals surface area contributed by atoms with Gasteiger partial charge in [0.15, 0.2) is 11.6 Å². The second-order valence-electron chi connectivity index (χ2n) is 5.53. The standard InChI is InChI=1S/C18H15F2N3OS2/c1-11-2-4-12(5-3-11)9-21-17(24)18-23-22-16(26-18)10-25-13-6-7-14(19)15(20)8-13/h2-8H,9-10H2,1H3,(H,21,24). The van der Waals surface area contributed by atoms with Crippen LogP contribution in [0.2, 0.25) is 0 Å².